The van der Waals surface area contributed by atoms with Gasteiger partial charge in [0.25, 0.3) is 0 Å². The molecule has 2 atom stereocenters. The van der Waals surface area contributed by atoms with Gasteiger partial charge in [-0.05, 0) is 74.3 Å². The van der Waals surface area contributed by atoms with Crippen LogP contribution in [0.3, 0.4) is 0 Å². The van der Waals surface area contributed by atoms with Crippen LogP contribution in [0.4, 0.5) is 13.2 Å². The van der Waals surface area contributed by atoms with Crippen molar-refractivity contribution in [3.8, 4) is 11.5 Å². The molecule has 0 amide bonds. The molecule has 1 saturated carbocycles. The van der Waals surface area contributed by atoms with Crippen LogP contribution in [0.2, 0.25) is 0 Å². The third kappa shape index (κ3) is 6.55. The Balaban J connectivity index is 1.54. The molecule has 0 saturated heterocycles. The van der Waals surface area contributed by atoms with Crippen LogP contribution in [-0.4, -0.2) is 30.8 Å². The zero-order chi connectivity index (χ0) is 25.5. The summed E-state index contributed by atoms with van der Waals surface area (Å²) in [6.07, 6.45) is 1.51. The quantitative estimate of drug-likeness (QED) is 0.294. The van der Waals surface area contributed by atoms with E-state index in [1.165, 1.54) is 6.07 Å². The highest BCUT2D eigenvalue weighted by Gasteiger charge is 2.30. The van der Waals surface area contributed by atoms with E-state index >= 15 is 0 Å². The highest BCUT2D eigenvalue weighted by Crippen LogP contribution is 2.35. The van der Waals surface area contributed by atoms with E-state index in [0.29, 0.717) is 19.3 Å². The Morgan fingerprint density at radius 1 is 0.971 bits per heavy atom. The van der Waals surface area contributed by atoms with Gasteiger partial charge in [0.1, 0.15) is 11.9 Å². The number of carbonyl (C=O) groups is 2. The highest BCUT2D eigenvalue weighted by molar-refractivity contribution is 5.91. The van der Waals surface area contributed by atoms with E-state index in [4.69, 9.17) is 14.2 Å². The first kappa shape index (κ1) is 26.6. The predicted octanol–water partition coefficient (Wildman–Crippen LogP) is 6.54. The number of hydrogen-bond acceptors (Lipinski definition) is 5. The highest BCUT2D eigenvalue weighted by atomic mass is 19.2. The van der Waals surface area contributed by atoms with Crippen molar-refractivity contribution in [2.45, 2.75) is 71.1 Å². The summed E-state index contributed by atoms with van der Waals surface area (Å²) in [5, 5.41) is 0. The number of hydrogen-bond donors (Lipinski definition) is 0. The predicted molar refractivity (Wildman–Crippen MR) is 124 cm³/mol. The molecule has 0 aromatic heterocycles. The van der Waals surface area contributed by atoms with Crippen molar-refractivity contribution < 1.29 is 37.0 Å². The molecule has 3 rings (SSSR count). The number of halogens is 3. The van der Waals surface area contributed by atoms with Crippen LogP contribution in [0.1, 0.15) is 74.7 Å². The maximum Gasteiger partial charge on any atom is 0.346 e. The fraction of sp³-hybridized carbons (Fsp3) is 0.481. The van der Waals surface area contributed by atoms with E-state index in [-0.39, 0.29) is 36.0 Å². The van der Waals surface area contributed by atoms with Crippen LogP contribution >= 0.6 is 0 Å². The molecule has 35 heavy (non-hydrogen) atoms. The van der Waals surface area contributed by atoms with Gasteiger partial charge >= 0.3 is 11.9 Å². The summed E-state index contributed by atoms with van der Waals surface area (Å²) in [5.74, 6) is -4.55. The van der Waals surface area contributed by atoms with E-state index in [1.54, 1.807) is 26.0 Å². The van der Waals surface area contributed by atoms with Crippen molar-refractivity contribution in [2.24, 2.45) is 5.92 Å². The first-order chi connectivity index (χ1) is 16.7. The molecule has 0 unspecified atom stereocenters. The summed E-state index contributed by atoms with van der Waals surface area (Å²) < 4.78 is 57.9. The Hall–Kier alpha value is -3.03. The van der Waals surface area contributed by atoms with Gasteiger partial charge in [-0.1, -0.05) is 32.4 Å². The first-order valence-electron chi connectivity index (χ1n) is 12.0. The minimum Gasteiger partial charge on any atom is -0.491 e. The van der Waals surface area contributed by atoms with E-state index < -0.39 is 35.3 Å². The Kier molecular flexibility index (Phi) is 9.18. The fourth-order valence-corrected chi connectivity index (χ4v) is 4.11. The van der Waals surface area contributed by atoms with E-state index in [9.17, 15) is 22.8 Å². The molecule has 1 fully saturated rings. The number of carbonyl (C=O) groups excluding carboxylic acids is 2. The van der Waals surface area contributed by atoms with E-state index in [2.05, 4.69) is 0 Å². The third-order valence-electron chi connectivity index (χ3n) is 6.45. The normalized spacial score (nSPS) is 19.5. The number of rotatable bonds is 9. The summed E-state index contributed by atoms with van der Waals surface area (Å²) in [4.78, 5) is 24.3. The van der Waals surface area contributed by atoms with Crippen LogP contribution < -0.4 is 9.47 Å². The first-order valence-corrected chi connectivity index (χ1v) is 12.0. The molecular formula is C27H31F3O5. The van der Waals surface area contributed by atoms with Gasteiger partial charge in [-0.25, -0.2) is 18.4 Å². The number of benzene rings is 2. The fourth-order valence-electron chi connectivity index (χ4n) is 4.11. The molecule has 0 N–H and O–H groups in total. The van der Waals surface area contributed by atoms with Gasteiger partial charge in [0.15, 0.2) is 17.7 Å². The van der Waals surface area contributed by atoms with Gasteiger partial charge in [0, 0.05) is 0 Å². The zero-order valence-electron chi connectivity index (χ0n) is 20.2. The van der Waals surface area contributed by atoms with Gasteiger partial charge in [-0.2, -0.15) is 4.39 Å². The monoisotopic (exact) mass is 492 g/mol. The molecule has 5 nitrogen and oxygen atoms in total. The molecule has 0 bridgehead atoms. The number of ether oxygens (including phenoxy) is 3. The SMILES string of the molecule is CCOc1ccc(C(=O)Oc2ccc(C3CCC(OC(=O)[C@@H](F)[C@@H](C)CC)CC3)cc2)c(F)c1F. The van der Waals surface area contributed by atoms with E-state index in [1.807, 2.05) is 19.1 Å². The average Bonchev–Trinajstić information content (AvgIpc) is 2.87. The van der Waals surface area contributed by atoms with Crippen LogP contribution in [0.5, 0.6) is 11.5 Å². The Morgan fingerprint density at radius 2 is 1.63 bits per heavy atom. The lowest BCUT2D eigenvalue weighted by molar-refractivity contribution is -0.158. The standard InChI is InChI=1S/C27H31F3O5/c1-4-16(3)23(28)27(32)35-20-12-8-18(9-13-20)17-6-10-19(11-7-17)34-26(31)21-14-15-22(33-5-2)25(30)24(21)29/h6-7,10-11,14-16,18,20,23H,4-5,8-9,12-13H2,1-3H3/t16-,18?,20?,23-/m0/s1. The summed E-state index contributed by atoms with van der Waals surface area (Å²) in [5.41, 5.74) is 0.502. The van der Waals surface area contributed by atoms with Crippen molar-refractivity contribution in [2.75, 3.05) is 6.61 Å². The van der Waals surface area contributed by atoms with Gasteiger partial charge in [-0.15, -0.1) is 0 Å². The van der Waals surface area contributed by atoms with Gasteiger partial charge in [-0.3, -0.25) is 0 Å². The van der Waals surface area contributed by atoms with Crippen LogP contribution in [0.15, 0.2) is 36.4 Å². The van der Waals surface area contributed by atoms with Crippen molar-refractivity contribution in [1.82, 2.24) is 0 Å². The van der Waals surface area contributed by atoms with Crippen LogP contribution in [0.25, 0.3) is 0 Å². The van der Waals surface area contributed by atoms with Crippen molar-refractivity contribution in [3.63, 3.8) is 0 Å². The minimum atomic E-state index is -1.60. The lowest BCUT2D eigenvalue weighted by atomic mass is 9.82. The minimum absolute atomic E-state index is 0.162. The maximum atomic E-state index is 14.3. The zero-order valence-corrected chi connectivity index (χ0v) is 20.2. The molecule has 0 aliphatic heterocycles. The second-order valence-electron chi connectivity index (χ2n) is 8.83. The summed E-state index contributed by atoms with van der Waals surface area (Å²) >= 11 is 0. The second kappa shape index (κ2) is 12.1. The molecule has 8 heteroatoms. The van der Waals surface area contributed by atoms with Crippen molar-refractivity contribution in [1.29, 1.82) is 0 Å². The lowest BCUT2D eigenvalue weighted by Gasteiger charge is -2.29. The van der Waals surface area contributed by atoms with Crippen LogP contribution in [-0.2, 0) is 9.53 Å². The molecule has 2 aromatic carbocycles. The summed E-state index contributed by atoms with van der Waals surface area (Å²) in [7, 11) is 0. The smallest absolute Gasteiger partial charge is 0.346 e. The summed E-state index contributed by atoms with van der Waals surface area (Å²) in [6.45, 7) is 5.33. The Bertz CT molecular complexity index is 1020. The topological polar surface area (TPSA) is 61.8 Å². The average molecular weight is 493 g/mol. The molecule has 0 radical (unpaired) electrons. The van der Waals surface area contributed by atoms with Crippen molar-refractivity contribution >= 4 is 11.9 Å². The van der Waals surface area contributed by atoms with Crippen molar-refractivity contribution in [3.05, 3.63) is 59.2 Å². The molecule has 1 aliphatic carbocycles. The van der Waals surface area contributed by atoms with Gasteiger partial charge in [0.05, 0.1) is 12.2 Å². The Labute approximate surface area is 203 Å². The second-order valence-corrected chi connectivity index (χ2v) is 8.83. The van der Waals surface area contributed by atoms with Crippen LogP contribution in [0, 0.1) is 17.6 Å². The molecule has 190 valence electrons. The molecule has 1 aliphatic rings. The maximum absolute atomic E-state index is 14.3. The lowest BCUT2D eigenvalue weighted by Crippen LogP contribution is -2.31. The molecule has 0 heterocycles. The number of esters is 2. The number of alkyl halides is 1. The molecular weight excluding hydrogens is 461 g/mol. The van der Waals surface area contributed by atoms with E-state index in [0.717, 1.165) is 24.5 Å². The summed E-state index contributed by atoms with van der Waals surface area (Å²) in [6, 6.07) is 9.14. The molecule has 0 spiro atoms. The third-order valence-corrected chi connectivity index (χ3v) is 6.45. The molecule has 2 aromatic rings. The Morgan fingerprint density at radius 3 is 2.23 bits per heavy atom. The van der Waals surface area contributed by atoms with Gasteiger partial charge < -0.3 is 14.2 Å². The van der Waals surface area contributed by atoms with Gasteiger partial charge in [0.2, 0.25) is 5.82 Å². The largest absolute Gasteiger partial charge is 0.491 e.